The number of pyridine rings is 2. The molecule has 0 saturated carbocycles. The Hall–Kier alpha value is -3.55. The standard InChI is InChI=1S/C27H35N9O3S/c28-16-23(37)29-18-7-10-36(17-18)22-6-4-5-19(30-22)26(38)31-20-15-21-24(32-25(20)34-8-2-1-3-9-34)33-27(40-21)35-11-13-39-14-12-35/h4-6,15,18H,1-3,7-14,16-17,28H2,(H,29,37)(H,31,38)/t18-/m0/s1. The molecule has 0 aliphatic carbocycles. The molecule has 12 nitrogen and oxygen atoms in total. The minimum absolute atomic E-state index is 0.0157. The van der Waals surface area contributed by atoms with E-state index in [1.165, 1.54) is 6.42 Å². The number of carbonyl (C=O) groups excluding carboxylic acids is 2. The van der Waals surface area contributed by atoms with Crippen LogP contribution in [-0.4, -0.2) is 91.8 Å². The first-order valence-electron chi connectivity index (χ1n) is 14.0. The number of rotatable bonds is 7. The molecule has 4 N–H and O–H groups in total. The molecule has 3 aromatic heterocycles. The highest BCUT2D eigenvalue weighted by atomic mass is 32.1. The number of anilines is 4. The van der Waals surface area contributed by atoms with E-state index in [4.69, 9.17) is 20.4 Å². The molecule has 3 aromatic rings. The van der Waals surface area contributed by atoms with Crippen molar-refractivity contribution in [3.8, 4) is 0 Å². The molecule has 13 heteroatoms. The lowest BCUT2D eigenvalue weighted by molar-refractivity contribution is -0.120. The van der Waals surface area contributed by atoms with Gasteiger partial charge in [0.15, 0.2) is 16.6 Å². The highest BCUT2D eigenvalue weighted by Gasteiger charge is 2.26. The van der Waals surface area contributed by atoms with Crippen molar-refractivity contribution in [2.45, 2.75) is 31.7 Å². The summed E-state index contributed by atoms with van der Waals surface area (Å²) in [7, 11) is 0. The molecule has 0 radical (unpaired) electrons. The molecule has 40 heavy (non-hydrogen) atoms. The number of morpholine rings is 1. The second kappa shape index (κ2) is 11.9. The molecule has 3 fully saturated rings. The van der Waals surface area contributed by atoms with Crippen molar-refractivity contribution in [2.75, 3.05) is 79.0 Å². The Kier molecular flexibility index (Phi) is 7.93. The molecule has 3 saturated heterocycles. The number of hydrogen-bond donors (Lipinski definition) is 3. The minimum Gasteiger partial charge on any atom is -0.378 e. The number of piperidine rings is 1. The number of thiazole rings is 1. The van der Waals surface area contributed by atoms with Crippen molar-refractivity contribution < 1.29 is 14.3 Å². The third-order valence-electron chi connectivity index (χ3n) is 7.57. The molecule has 0 aromatic carbocycles. The molecular formula is C27H35N9O3S. The Morgan fingerprint density at radius 3 is 2.62 bits per heavy atom. The lowest BCUT2D eigenvalue weighted by atomic mass is 10.1. The van der Waals surface area contributed by atoms with E-state index in [9.17, 15) is 9.59 Å². The van der Waals surface area contributed by atoms with Crippen LogP contribution < -0.4 is 31.1 Å². The number of nitrogens with one attached hydrogen (secondary N) is 2. The predicted molar refractivity (Wildman–Crippen MR) is 157 cm³/mol. The van der Waals surface area contributed by atoms with Crippen LogP contribution in [0.2, 0.25) is 0 Å². The van der Waals surface area contributed by atoms with Gasteiger partial charge in [-0.2, -0.15) is 4.98 Å². The molecule has 0 spiro atoms. The minimum atomic E-state index is -0.286. The van der Waals surface area contributed by atoms with Crippen LogP contribution in [0.25, 0.3) is 10.3 Å². The van der Waals surface area contributed by atoms with Gasteiger partial charge < -0.3 is 35.8 Å². The number of hydrogen-bond acceptors (Lipinski definition) is 11. The van der Waals surface area contributed by atoms with Gasteiger partial charge in [0.2, 0.25) is 5.91 Å². The first kappa shape index (κ1) is 26.7. The monoisotopic (exact) mass is 565 g/mol. The Bertz CT molecular complexity index is 1370. The molecule has 3 aliphatic rings. The maximum atomic E-state index is 13.5. The Labute approximate surface area is 236 Å². The summed E-state index contributed by atoms with van der Waals surface area (Å²) >= 11 is 1.59. The molecule has 0 bridgehead atoms. The molecule has 6 heterocycles. The zero-order valence-electron chi connectivity index (χ0n) is 22.5. The van der Waals surface area contributed by atoms with E-state index in [2.05, 4.69) is 30.3 Å². The van der Waals surface area contributed by atoms with Gasteiger partial charge in [-0.1, -0.05) is 17.4 Å². The number of carbonyl (C=O) groups is 2. The van der Waals surface area contributed by atoms with Crippen molar-refractivity contribution in [3.63, 3.8) is 0 Å². The van der Waals surface area contributed by atoms with Crippen LogP contribution in [0.4, 0.5) is 22.5 Å². The molecule has 2 amide bonds. The summed E-state index contributed by atoms with van der Waals surface area (Å²) in [5.74, 6) is 1.01. The van der Waals surface area contributed by atoms with E-state index in [0.29, 0.717) is 42.6 Å². The van der Waals surface area contributed by atoms with Gasteiger partial charge in [-0.3, -0.25) is 9.59 Å². The summed E-state index contributed by atoms with van der Waals surface area (Å²) in [5, 5.41) is 6.98. The third kappa shape index (κ3) is 5.81. The molecule has 1 atom stereocenters. The quantitative estimate of drug-likeness (QED) is 0.388. The van der Waals surface area contributed by atoms with E-state index in [0.717, 1.165) is 67.6 Å². The number of nitrogens with zero attached hydrogens (tertiary/aromatic N) is 6. The lowest BCUT2D eigenvalue weighted by Gasteiger charge is -2.29. The SMILES string of the molecule is NCC(=O)N[C@H]1CCN(c2cccc(C(=O)Nc3cc4sc(N5CCOCC5)nc4nc3N3CCCCC3)n2)C1. The van der Waals surface area contributed by atoms with Gasteiger partial charge in [0.05, 0.1) is 30.1 Å². The summed E-state index contributed by atoms with van der Waals surface area (Å²) in [6.45, 7) is 6.12. The zero-order chi connectivity index (χ0) is 27.5. The normalized spacial score (nSPS) is 19.7. The first-order valence-corrected chi connectivity index (χ1v) is 14.8. The van der Waals surface area contributed by atoms with Gasteiger partial charge in [0.1, 0.15) is 11.5 Å². The van der Waals surface area contributed by atoms with Crippen molar-refractivity contribution in [2.24, 2.45) is 5.73 Å². The summed E-state index contributed by atoms with van der Waals surface area (Å²) < 4.78 is 6.43. The summed E-state index contributed by atoms with van der Waals surface area (Å²) in [6, 6.07) is 7.47. The van der Waals surface area contributed by atoms with Crippen molar-refractivity contribution in [1.29, 1.82) is 0 Å². The van der Waals surface area contributed by atoms with Gasteiger partial charge in [-0.15, -0.1) is 0 Å². The number of amides is 2. The van der Waals surface area contributed by atoms with E-state index in [-0.39, 0.29) is 24.4 Å². The van der Waals surface area contributed by atoms with E-state index >= 15 is 0 Å². The fourth-order valence-corrected chi connectivity index (χ4v) is 6.46. The van der Waals surface area contributed by atoms with Crippen molar-refractivity contribution in [3.05, 3.63) is 30.0 Å². The number of ether oxygens (including phenoxy) is 1. The van der Waals surface area contributed by atoms with Crippen LogP contribution >= 0.6 is 11.3 Å². The average molecular weight is 566 g/mol. The number of aromatic nitrogens is 3. The van der Waals surface area contributed by atoms with Gasteiger partial charge in [-0.25, -0.2) is 9.97 Å². The van der Waals surface area contributed by atoms with Crippen LogP contribution in [0.1, 0.15) is 36.2 Å². The fraction of sp³-hybridized carbons (Fsp3) is 0.519. The number of fused-ring (bicyclic) bond motifs is 1. The van der Waals surface area contributed by atoms with E-state index in [1.54, 1.807) is 17.4 Å². The predicted octanol–water partition coefficient (Wildman–Crippen LogP) is 1.82. The van der Waals surface area contributed by atoms with Crippen LogP contribution in [-0.2, 0) is 9.53 Å². The summed E-state index contributed by atoms with van der Waals surface area (Å²) in [5.41, 5.74) is 7.15. The van der Waals surface area contributed by atoms with Gasteiger partial charge in [-0.05, 0) is 43.9 Å². The maximum absolute atomic E-state index is 13.5. The van der Waals surface area contributed by atoms with Crippen molar-refractivity contribution in [1.82, 2.24) is 20.3 Å². The Morgan fingerprint density at radius 2 is 1.82 bits per heavy atom. The molecule has 3 aliphatic heterocycles. The third-order valence-corrected chi connectivity index (χ3v) is 8.62. The highest BCUT2D eigenvalue weighted by molar-refractivity contribution is 7.22. The smallest absolute Gasteiger partial charge is 0.274 e. The van der Waals surface area contributed by atoms with Gasteiger partial charge >= 0.3 is 0 Å². The topological polar surface area (TPSA) is 142 Å². The summed E-state index contributed by atoms with van der Waals surface area (Å²) in [6.07, 6.45) is 4.18. The molecule has 0 unspecified atom stereocenters. The largest absolute Gasteiger partial charge is 0.378 e. The average Bonchev–Trinajstić information content (AvgIpc) is 3.64. The molecule has 212 valence electrons. The van der Waals surface area contributed by atoms with Crippen LogP contribution in [0, 0.1) is 0 Å². The molecular weight excluding hydrogens is 530 g/mol. The fourth-order valence-electron chi connectivity index (χ4n) is 5.46. The second-order valence-corrected chi connectivity index (χ2v) is 11.4. The van der Waals surface area contributed by atoms with E-state index < -0.39 is 0 Å². The first-order chi connectivity index (χ1) is 19.6. The zero-order valence-corrected chi connectivity index (χ0v) is 23.3. The van der Waals surface area contributed by atoms with Gasteiger partial charge in [0.25, 0.3) is 5.91 Å². The van der Waals surface area contributed by atoms with Crippen LogP contribution in [0.3, 0.4) is 0 Å². The van der Waals surface area contributed by atoms with E-state index in [1.807, 2.05) is 18.2 Å². The Balaban J connectivity index is 1.24. The summed E-state index contributed by atoms with van der Waals surface area (Å²) in [4.78, 5) is 46.2. The Morgan fingerprint density at radius 1 is 1.00 bits per heavy atom. The van der Waals surface area contributed by atoms with Gasteiger partial charge in [0, 0.05) is 45.3 Å². The highest BCUT2D eigenvalue weighted by Crippen LogP contribution is 2.35. The molecule has 6 rings (SSSR count). The van der Waals surface area contributed by atoms with Crippen molar-refractivity contribution >= 4 is 56.0 Å². The van der Waals surface area contributed by atoms with Crippen LogP contribution in [0.5, 0.6) is 0 Å². The van der Waals surface area contributed by atoms with Crippen LogP contribution in [0.15, 0.2) is 24.3 Å². The maximum Gasteiger partial charge on any atom is 0.274 e. The second-order valence-electron chi connectivity index (χ2n) is 10.4. The number of nitrogens with two attached hydrogens (primary N) is 1. The lowest BCUT2D eigenvalue weighted by Crippen LogP contribution is -2.40.